The van der Waals surface area contributed by atoms with Crippen molar-refractivity contribution in [1.29, 1.82) is 0 Å². The average molecular weight is 415 g/mol. The summed E-state index contributed by atoms with van der Waals surface area (Å²) in [6.07, 6.45) is 1.95. The van der Waals surface area contributed by atoms with Crippen LogP contribution >= 0.6 is 11.3 Å². The second kappa shape index (κ2) is 11.4. The third-order valence-corrected chi connectivity index (χ3v) is 5.05. The number of hydrogen-bond donors (Lipinski definition) is 1. The fraction of sp³-hybridized carbons (Fsp3) is 0.391. The van der Waals surface area contributed by atoms with Crippen molar-refractivity contribution in [2.24, 2.45) is 0 Å². The van der Waals surface area contributed by atoms with E-state index in [9.17, 15) is 4.79 Å². The predicted octanol–water partition coefficient (Wildman–Crippen LogP) is 6.00. The molecule has 0 aliphatic rings. The molecule has 0 saturated carbocycles. The number of thiazole rings is 1. The van der Waals surface area contributed by atoms with Gasteiger partial charge in [-0.3, -0.25) is 4.79 Å². The minimum absolute atomic E-state index is 0.0453. The van der Waals surface area contributed by atoms with Crippen LogP contribution in [0.3, 0.4) is 0 Å². The molecule has 0 spiro atoms. The first-order valence-electron chi connectivity index (χ1n) is 10.1. The summed E-state index contributed by atoms with van der Waals surface area (Å²) < 4.78 is 12.1. The number of fused-ring (bicyclic) bond motifs is 1. The lowest BCUT2D eigenvalue weighted by atomic mass is 10.1. The number of carbonyl (C=O) groups is 1. The maximum absolute atomic E-state index is 12.3. The molecule has 2 aromatic carbocycles. The quantitative estimate of drug-likeness (QED) is 0.491. The number of hydrogen-bond acceptors (Lipinski definition) is 5. The second-order valence-corrected chi connectivity index (χ2v) is 7.40. The van der Waals surface area contributed by atoms with Crippen LogP contribution in [0.4, 0.5) is 5.13 Å². The van der Waals surface area contributed by atoms with Gasteiger partial charge in [0.2, 0.25) is 5.91 Å². The summed E-state index contributed by atoms with van der Waals surface area (Å²) in [5.41, 5.74) is 3.13. The van der Waals surface area contributed by atoms with Crippen molar-refractivity contribution in [3.8, 4) is 11.5 Å². The zero-order valence-electron chi connectivity index (χ0n) is 17.9. The molecule has 0 bridgehead atoms. The lowest BCUT2D eigenvalue weighted by molar-refractivity contribution is -0.116. The van der Waals surface area contributed by atoms with Gasteiger partial charge in [-0.05, 0) is 55.2 Å². The molecule has 1 amide bonds. The predicted molar refractivity (Wildman–Crippen MR) is 121 cm³/mol. The van der Waals surface area contributed by atoms with Crippen molar-refractivity contribution in [1.82, 2.24) is 4.98 Å². The molecule has 0 aliphatic carbocycles. The lowest BCUT2D eigenvalue weighted by Gasteiger charge is -2.11. The van der Waals surface area contributed by atoms with E-state index in [1.54, 1.807) is 7.11 Å². The zero-order chi connectivity index (χ0) is 21.2. The topological polar surface area (TPSA) is 60.5 Å². The van der Waals surface area contributed by atoms with Crippen LogP contribution in [0, 0.1) is 6.92 Å². The van der Waals surface area contributed by atoms with Crippen molar-refractivity contribution < 1.29 is 14.3 Å². The molecule has 0 saturated heterocycles. The number of rotatable bonds is 8. The van der Waals surface area contributed by atoms with Crippen molar-refractivity contribution in [3.63, 3.8) is 0 Å². The molecule has 3 rings (SSSR count). The van der Waals surface area contributed by atoms with E-state index in [0.29, 0.717) is 30.3 Å². The first-order valence-corrected chi connectivity index (χ1v) is 10.9. The maximum atomic E-state index is 12.3. The highest BCUT2D eigenvalue weighted by atomic mass is 32.1. The Kier molecular flexibility index (Phi) is 8.93. The largest absolute Gasteiger partial charge is 0.493 e. The van der Waals surface area contributed by atoms with E-state index < -0.39 is 0 Å². The fourth-order valence-corrected chi connectivity index (χ4v) is 3.70. The number of aryl methyl sites for hydroxylation is 2. The van der Waals surface area contributed by atoms with Gasteiger partial charge >= 0.3 is 0 Å². The van der Waals surface area contributed by atoms with Gasteiger partial charge in [0.25, 0.3) is 0 Å². The van der Waals surface area contributed by atoms with Crippen molar-refractivity contribution in [2.45, 2.75) is 47.0 Å². The summed E-state index contributed by atoms with van der Waals surface area (Å²) in [6, 6.07) is 11.9. The molecule has 0 aliphatic heterocycles. The van der Waals surface area contributed by atoms with E-state index in [1.807, 2.05) is 51.1 Å². The Morgan fingerprint density at radius 3 is 2.66 bits per heavy atom. The normalized spacial score (nSPS) is 10.2. The van der Waals surface area contributed by atoms with E-state index in [4.69, 9.17) is 9.47 Å². The van der Waals surface area contributed by atoms with Crippen LogP contribution in [0.1, 0.15) is 44.7 Å². The Balaban J connectivity index is 0.00000145. The minimum Gasteiger partial charge on any atom is -0.493 e. The Labute approximate surface area is 177 Å². The molecule has 156 valence electrons. The fourth-order valence-electron chi connectivity index (χ4n) is 2.72. The number of nitrogens with one attached hydrogen (secondary N) is 1. The van der Waals surface area contributed by atoms with Gasteiger partial charge in [-0.15, -0.1) is 0 Å². The Bertz CT molecular complexity index is 937. The van der Waals surface area contributed by atoms with E-state index in [-0.39, 0.29) is 5.91 Å². The van der Waals surface area contributed by atoms with Gasteiger partial charge in [0.05, 0.1) is 23.9 Å². The molecule has 1 heterocycles. The average Bonchev–Trinajstić information content (AvgIpc) is 3.13. The van der Waals surface area contributed by atoms with Gasteiger partial charge in [-0.1, -0.05) is 44.2 Å². The van der Waals surface area contributed by atoms with Crippen molar-refractivity contribution >= 4 is 32.6 Å². The first-order chi connectivity index (χ1) is 14.1. The summed E-state index contributed by atoms with van der Waals surface area (Å²) in [4.78, 5) is 16.8. The molecule has 0 unspecified atom stereocenters. The number of ether oxygens (including phenoxy) is 2. The van der Waals surface area contributed by atoms with Crippen LogP contribution in [0.15, 0.2) is 36.4 Å². The highest BCUT2D eigenvalue weighted by molar-refractivity contribution is 7.22. The number of methoxy groups -OCH3 is 1. The van der Waals surface area contributed by atoms with E-state index in [0.717, 1.165) is 28.0 Å². The molecule has 29 heavy (non-hydrogen) atoms. The summed E-state index contributed by atoms with van der Waals surface area (Å²) >= 11 is 1.50. The first kappa shape index (κ1) is 22.7. The highest BCUT2D eigenvalue weighted by Crippen LogP contribution is 2.29. The summed E-state index contributed by atoms with van der Waals surface area (Å²) in [6.45, 7) is 8.76. The molecule has 6 heteroatoms. The maximum Gasteiger partial charge on any atom is 0.226 e. The Morgan fingerprint density at radius 2 is 1.93 bits per heavy atom. The van der Waals surface area contributed by atoms with E-state index in [2.05, 4.69) is 23.3 Å². The molecule has 0 fully saturated rings. The van der Waals surface area contributed by atoms with Crippen LogP contribution in [-0.2, 0) is 11.2 Å². The number of benzene rings is 2. The SMILES string of the molecule is CC.CCCOc1ccc(CCC(=O)Nc2nc3ccc(C)cc3s2)cc1OC. The van der Waals surface area contributed by atoms with Gasteiger partial charge in [-0.2, -0.15) is 0 Å². The molecule has 5 nitrogen and oxygen atoms in total. The third-order valence-electron chi connectivity index (χ3n) is 4.12. The lowest BCUT2D eigenvalue weighted by Crippen LogP contribution is -2.12. The van der Waals surface area contributed by atoms with Crippen LogP contribution in [0.25, 0.3) is 10.2 Å². The van der Waals surface area contributed by atoms with Gasteiger partial charge < -0.3 is 14.8 Å². The van der Waals surface area contributed by atoms with E-state index >= 15 is 0 Å². The number of carbonyl (C=O) groups excluding carboxylic acids is 1. The van der Waals surface area contributed by atoms with Gasteiger partial charge in [0.15, 0.2) is 16.6 Å². The summed E-state index contributed by atoms with van der Waals surface area (Å²) in [7, 11) is 1.62. The molecule has 1 aromatic heterocycles. The third kappa shape index (κ3) is 6.46. The van der Waals surface area contributed by atoms with Crippen LogP contribution < -0.4 is 14.8 Å². The van der Waals surface area contributed by atoms with Gasteiger partial charge in [0, 0.05) is 6.42 Å². The molecule has 3 aromatic rings. The standard InChI is InChI=1S/C21H24N2O3S.C2H6/c1-4-11-26-17-9-6-15(13-18(17)25-3)7-10-20(24)23-21-22-16-8-5-14(2)12-19(16)27-21;1-2/h5-6,8-9,12-13H,4,7,10-11H2,1-3H3,(H,22,23,24);1-2H3. The van der Waals surface area contributed by atoms with Gasteiger partial charge in [0.1, 0.15) is 0 Å². The van der Waals surface area contributed by atoms with Crippen LogP contribution in [0.5, 0.6) is 11.5 Å². The number of nitrogens with zero attached hydrogens (tertiary/aromatic N) is 1. The smallest absolute Gasteiger partial charge is 0.226 e. The molecular weight excluding hydrogens is 384 g/mol. The minimum atomic E-state index is -0.0453. The Hall–Kier alpha value is -2.60. The van der Waals surface area contributed by atoms with Crippen LogP contribution in [-0.4, -0.2) is 24.6 Å². The molecule has 0 atom stereocenters. The Morgan fingerprint density at radius 1 is 1.14 bits per heavy atom. The van der Waals surface area contributed by atoms with Crippen molar-refractivity contribution in [2.75, 3.05) is 19.0 Å². The monoisotopic (exact) mass is 414 g/mol. The molecule has 0 radical (unpaired) electrons. The number of amides is 1. The second-order valence-electron chi connectivity index (χ2n) is 6.37. The number of aromatic nitrogens is 1. The van der Waals surface area contributed by atoms with Crippen LogP contribution in [0.2, 0.25) is 0 Å². The zero-order valence-corrected chi connectivity index (χ0v) is 18.7. The molecular formula is C23H30N2O3S. The van der Waals surface area contributed by atoms with Crippen molar-refractivity contribution in [3.05, 3.63) is 47.5 Å². The van der Waals surface area contributed by atoms with Gasteiger partial charge in [-0.25, -0.2) is 4.98 Å². The highest BCUT2D eigenvalue weighted by Gasteiger charge is 2.10. The number of anilines is 1. The summed E-state index contributed by atoms with van der Waals surface area (Å²) in [5.74, 6) is 1.39. The van der Waals surface area contributed by atoms with E-state index in [1.165, 1.54) is 16.9 Å². The molecule has 1 N–H and O–H groups in total. The summed E-state index contributed by atoms with van der Waals surface area (Å²) in [5, 5.41) is 3.54.